The molecule has 0 spiro atoms. The summed E-state index contributed by atoms with van der Waals surface area (Å²) in [5.74, 6) is -0.460. The summed E-state index contributed by atoms with van der Waals surface area (Å²) in [7, 11) is 0. The van der Waals surface area contributed by atoms with Crippen LogP contribution in [0.4, 0.5) is 5.69 Å². The molecule has 2 N–H and O–H groups in total. The lowest BCUT2D eigenvalue weighted by Crippen LogP contribution is -1.95. The van der Waals surface area contributed by atoms with E-state index >= 15 is 0 Å². The van der Waals surface area contributed by atoms with E-state index in [-0.39, 0.29) is 23.0 Å². The Morgan fingerprint density at radius 3 is 2.32 bits per heavy atom. The zero-order chi connectivity index (χ0) is 17.6. The van der Waals surface area contributed by atoms with Crippen LogP contribution < -0.4 is 0 Å². The fraction of sp³-hybridized carbons (Fsp3) is 0.100. The highest BCUT2D eigenvalue weighted by Gasteiger charge is 2.20. The van der Waals surface area contributed by atoms with Gasteiger partial charge in [-0.05, 0) is 24.6 Å². The van der Waals surface area contributed by atoms with E-state index in [4.69, 9.17) is 4.42 Å². The minimum atomic E-state index is -0.374. The van der Waals surface area contributed by atoms with Crippen LogP contribution in [0, 0.1) is 0 Å². The molecule has 2 aromatic carbocycles. The Morgan fingerprint density at radius 2 is 1.64 bits per heavy atom. The first-order valence-electron chi connectivity index (χ1n) is 7.84. The Balaban J connectivity index is 1.83. The topological polar surface area (TPSA) is 78.3 Å². The maximum atomic E-state index is 10.3. The molecule has 0 unspecified atom stereocenters. The van der Waals surface area contributed by atoms with Crippen molar-refractivity contribution in [2.75, 3.05) is 0 Å². The second-order valence-corrected chi connectivity index (χ2v) is 5.48. The molecule has 3 aromatic rings. The van der Waals surface area contributed by atoms with Crippen LogP contribution in [0.15, 0.2) is 75.1 Å². The molecule has 0 saturated carbocycles. The van der Waals surface area contributed by atoms with Crippen LogP contribution in [0.25, 0.3) is 0 Å². The predicted octanol–water partition coefficient (Wildman–Crippen LogP) is 4.45. The first-order chi connectivity index (χ1) is 12.1. The van der Waals surface area contributed by atoms with Gasteiger partial charge in [0.25, 0.3) is 5.95 Å². The molecule has 0 radical (unpaired) electrons. The van der Waals surface area contributed by atoms with E-state index in [9.17, 15) is 10.2 Å². The zero-order valence-electron chi connectivity index (χ0n) is 13.8. The molecule has 5 nitrogen and oxygen atoms in total. The van der Waals surface area contributed by atoms with Crippen LogP contribution in [0.2, 0.25) is 0 Å². The van der Waals surface area contributed by atoms with Gasteiger partial charge in [-0.25, -0.2) is 0 Å². The Hall–Kier alpha value is -3.34. The van der Waals surface area contributed by atoms with Crippen molar-refractivity contribution in [2.45, 2.75) is 13.5 Å². The van der Waals surface area contributed by atoms with E-state index in [0.29, 0.717) is 17.9 Å². The van der Waals surface area contributed by atoms with Gasteiger partial charge in [0, 0.05) is 0 Å². The molecule has 5 heteroatoms. The second-order valence-electron chi connectivity index (χ2n) is 5.48. The van der Waals surface area contributed by atoms with E-state index in [2.05, 4.69) is 9.98 Å². The number of hydrogen-bond acceptors (Lipinski definition) is 5. The largest absolute Gasteiger partial charge is 0.504 e. The molecule has 25 heavy (non-hydrogen) atoms. The molecule has 1 aromatic heterocycles. The standard InChI is InChI=1S/C20H18N2O3/c1-14(21-12-15-8-4-2-5-9-15)18-19(23)17(25-20(18)24)13-22-16-10-6-3-7-11-16/h2-11,13,23-24H,12H2,1H3. The third kappa shape index (κ3) is 3.95. The van der Waals surface area contributed by atoms with Crippen LogP contribution in [0.3, 0.4) is 0 Å². The highest BCUT2D eigenvalue weighted by molar-refractivity contribution is 6.05. The number of furan rings is 1. The van der Waals surface area contributed by atoms with Crippen LogP contribution in [0.5, 0.6) is 11.7 Å². The number of hydrogen-bond donors (Lipinski definition) is 2. The third-order valence-corrected chi connectivity index (χ3v) is 3.68. The highest BCUT2D eigenvalue weighted by atomic mass is 16.5. The number of aromatic hydroxyl groups is 2. The molecular weight excluding hydrogens is 316 g/mol. The van der Waals surface area contributed by atoms with Gasteiger partial charge < -0.3 is 14.6 Å². The van der Waals surface area contributed by atoms with Crippen molar-refractivity contribution >= 4 is 17.6 Å². The van der Waals surface area contributed by atoms with Crippen molar-refractivity contribution in [3.63, 3.8) is 0 Å². The van der Waals surface area contributed by atoms with Crippen molar-refractivity contribution in [1.82, 2.24) is 0 Å². The Morgan fingerprint density at radius 1 is 1.00 bits per heavy atom. The van der Waals surface area contributed by atoms with Crippen molar-refractivity contribution in [1.29, 1.82) is 0 Å². The molecule has 0 fully saturated rings. The molecular formula is C20H18N2O3. The summed E-state index contributed by atoms with van der Waals surface area (Å²) in [6.07, 6.45) is 1.37. The smallest absolute Gasteiger partial charge is 0.295 e. The molecule has 126 valence electrons. The van der Waals surface area contributed by atoms with Gasteiger partial charge in [-0.15, -0.1) is 0 Å². The molecule has 0 saturated heterocycles. The van der Waals surface area contributed by atoms with Gasteiger partial charge in [0.15, 0.2) is 11.5 Å². The van der Waals surface area contributed by atoms with Crippen molar-refractivity contribution < 1.29 is 14.6 Å². The third-order valence-electron chi connectivity index (χ3n) is 3.68. The minimum Gasteiger partial charge on any atom is -0.504 e. The van der Waals surface area contributed by atoms with Gasteiger partial charge in [0.05, 0.1) is 24.2 Å². The summed E-state index contributed by atoms with van der Waals surface area (Å²) >= 11 is 0. The lowest BCUT2D eigenvalue weighted by molar-refractivity contribution is 0.329. The van der Waals surface area contributed by atoms with Crippen LogP contribution in [-0.2, 0) is 6.54 Å². The molecule has 0 bridgehead atoms. The van der Waals surface area contributed by atoms with E-state index < -0.39 is 0 Å². The number of rotatable bonds is 5. The van der Waals surface area contributed by atoms with Gasteiger partial charge in [-0.2, -0.15) is 0 Å². The van der Waals surface area contributed by atoms with E-state index in [1.165, 1.54) is 6.21 Å². The summed E-state index contributed by atoms with van der Waals surface area (Å²) in [4.78, 5) is 8.63. The Kier molecular flexibility index (Phi) is 4.95. The Bertz CT molecular complexity index is 897. The van der Waals surface area contributed by atoms with E-state index in [1.807, 2.05) is 60.7 Å². The monoisotopic (exact) mass is 334 g/mol. The summed E-state index contributed by atoms with van der Waals surface area (Å²) in [6, 6.07) is 19.0. The van der Waals surface area contributed by atoms with Crippen LogP contribution >= 0.6 is 0 Å². The number of nitrogens with zero attached hydrogens (tertiary/aromatic N) is 2. The van der Waals surface area contributed by atoms with Gasteiger partial charge in [-0.3, -0.25) is 9.98 Å². The fourth-order valence-corrected chi connectivity index (χ4v) is 2.36. The first kappa shape index (κ1) is 16.5. The van der Waals surface area contributed by atoms with Gasteiger partial charge in [-0.1, -0.05) is 48.5 Å². The van der Waals surface area contributed by atoms with Crippen molar-refractivity contribution in [3.8, 4) is 11.7 Å². The maximum absolute atomic E-state index is 10.3. The normalized spacial score (nSPS) is 12.0. The van der Waals surface area contributed by atoms with E-state index in [0.717, 1.165) is 5.56 Å². The fourth-order valence-electron chi connectivity index (χ4n) is 2.36. The lowest BCUT2D eigenvalue weighted by Gasteiger charge is -2.00. The van der Waals surface area contributed by atoms with Gasteiger partial charge in [0.1, 0.15) is 5.56 Å². The van der Waals surface area contributed by atoms with Crippen molar-refractivity contribution in [3.05, 3.63) is 77.6 Å². The highest BCUT2D eigenvalue weighted by Crippen LogP contribution is 2.34. The average Bonchev–Trinajstić information content (AvgIpc) is 2.93. The van der Waals surface area contributed by atoms with Crippen LogP contribution in [0.1, 0.15) is 23.8 Å². The summed E-state index contributed by atoms with van der Waals surface area (Å²) in [6.45, 7) is 2.16. The first-order valence-corrected chi connectivity index (χ1v) is 7.84. The summed E-state index contributed by atoms with van der Waals surface area (Å²) < 4.78 is 5.22. The lowest BCUT2D eigenvalue weighted by atomic mass is 10.1. The molecule has 0 aliphatic rings. The average molecular weight is 334 g/mol. The molecule has 1 heterocycles. The second kappa shape index (κ2) is 7.49. The SMILES string of the molecule is CC(=NCc1ccccc1)c1c(O)oc(C=Nc2ccccc2)c1O. The van der Waals surface area contributed by atoms with Crippen LogP contribution in [-0.4, -0.2) is 22.1 Å². The molecule has 0 aliphatic heterocycles. The molecule has 0 atom stereocenters. The Labute approximate surface area is 145 Å². The summed E-state index contributed by atoms with van der Waals surface area (Å²) in [5, 5.41) is 20.3. The quantitative estimate of drug-likeness (QED) is 0.677. The number of para-hydroxylation sites is 1. The van der Waals surface area contributed by atoms with E-state index in [1.54, 1.807) is 6.92 Å². The zero-order valence-corrected chi connectivity index (χ0v) is 13.8. The molecule has 0 aliphatic carbocycles. The minimum absolute atomic E-state index is 0.0885. The van der Waals surface area contributed by atoms with Gasteiger partial charge >= 0.3 is 0 Å². The number of benzene rings is 2. The molecule has 0 amide bonds. The maximum Gasteiger partial charge on any atom is 0.295 e. The number of aliphatic imine (C=N–C) groups is 2. The molecule has 3 rings (SSSR count). The van der Waals surface area contributed by atoms with Crippen molar-refractivity contribution in [2.24, 2.45) is 9.98 Å². The predicted molar refractivity (Wildman–Crippen MR) is 98.1 cm³/mol. The summed E-state index contributed by atoms with van der Waals surface area (Å²) in [5.41, 5.74) is 2.43. The van der Waals surface area contributed by atoms with Gasteiger partial charge in [0.2, 0.25) is 0 Å².